The quantitative estimate of drug-likeness (QED) is 0.744. The second kappa shape index (κ2) is 7.86. The molecule has 2 heterocycles. The molecule has 0 aliphatic rings. The molecule has 0 saturated carbocycles. The molecule has 1 amide bonds. The summed E-state index contributed by atoms with van der Waals surface area (Å²) < 4.78 is 11.3. The van der Waals surface area contributed by atoms with Crippen LogP contribution in [-0.4, -0.2) is 30.0 Å². The molecular weight excluding hydrogens is 342 g/mol. The maximum atomic E-state index is 12.0. The first-order chi connectivity index (χ1) is 13.0. The van der Waals surface area contributed by atoms with Crippen LogP contribution in [0.3, 0.4) is 0 Å². The number of pyridine rings is 2. The number of hydrogen-bond donors (Lipinski definition) is 1. The van der Waals surface area contributed by atoms with E-state index in [2.05, 4.69) is 15.3 Å². The molecule has 0 aliphatic carbocycles. The Hall–Kier alpha value is -3.41. The first-order valence-corrected chi connectivity index (χ1v) is 8.50. The van der Waals surface area contributed by atoms with E-state index in [1.807, 2.05) is 38.1 Å². The highest BCUT2D eigenvalue weighted by molar-refractivity contribution is 5.94. The second-order valence-electron chi connectivity index (χ2n) is 6.07. The Balaban J connectivity index is 2.03. The zero-order valence-corrected chi connectivity index (χ0v) is 15.7. The molecule has 138 valence electrons. The molecule has 0 saturated heterocycles. The Bertz CT molecular complexity index is 966. The molecule has 0 bridgehead atoms. The van der Waals surface area contributed by atoms with Gasteiger partial charge in [-0.1, -0.05) is 0 Å². The van der Waals surface area contributed by atoms with Gasteiger partial charge in [-0.3, -0.25) is 9.78 Å². The molecule has 1 aromatic carbocycles. The van der Waals surface area contributed by atoms with Gasteiger partial charge in [-0.05, 0) is 55.8 Å². The van der Waals surface area contributed by atoms with Gasteiger partial charge in [0.25, 0.3) is 5.91 Å². The van der Waals surface area contributed by atoms with Gasteiger partial charge in [0.1, 0.15) is 11.5 Å². The third kappa shape index (κ3) is 4.23. The number of carbonyl (C=O) groups is 1. The first-order valence-electron chi connectivity index (χ1n) is 8.50. The summed E-state index contributed by atoms with van der Waals surface area (Å²) in [5.41, 5.74) is 4.10. The molecule has 6 heteroatoms. The van der Waals surface area contributed by atoms with Crippen molar-refractivity contribution in [2.24, 2.45) is 0 Å². The molecule has 0 fully saturated rings. The number of carbonyl (C=O) groups excluding carboxylic acids is 1. The van der Waals surface area contributed by atoms with Crippen LogP contribution < -0.4 is 14.8 Å². The van der Waals surface area contributed by atoms with E-state index in [9.17, 15) is 4.79 Å². The Morgan fingerprint density at radius 3 is 2.41 bits per heavy atom. The third-order valence-corrected chi connectivity index (χ3v) is 3.98. The highest BCUT2D eigenvalue weighted by Crippen LogP contribution is 2.33. The molecule has 0 aliphatic heterocycles. The van der Waals surface area contributed by atoms with Gasteiger partial charge < -0.3 is 14.8 Å². The second-order valence-corrected chi connectivity index (χ2v) is 6.07. The SMILES string of the molecule is CNC(=O)c1cc(OC)cc(Oc2ncccc2-c2cc(C)nc(C)c2)c1. The highest BCUT2D eigenvalue weighted by atomic mass is 16.5. The van der Waals surface area contributed by atoms with Crippen LogP contribution in [0.5, 0.6) is 17.4 Å². The number of ether oxygens (including phenoxy) is 2. The summed E-state index contributed by atoms with van der Waals surface area (Å²) in [7, 11) is 3.12. The molecular formula is C21H21N3O3. The van der Waals surface area contributed by atoms with E-state index in [4.69, 9.17) is 9.47 Å². The number of methoxy groups -OCH3 is 1. The van der Waals surface area contributed by atoms with E-state index >= 15 is 0 Å². The largest absolute Gasteiger partial charge is 0.497 e. The Labute approximate surface area is 158 Å². The average Bonchev–Trinajstić information content (AvgIpc) is 2.66. The maximum Gasteiger partial charge on any atom is 0.251 e. The van der Waals surface area contributed by atoms with Crippen molar-refractivity contribution in [1.29, 1.82) is 0 Å². The van der Waals surface area contributed by atoms with Crippen LogP contribution in [0, 0.1) is 13.8 Å². The number of nitrogens with one attached hydrogen (secondary N) is 1. The number of aromatic nitrogens is 2. The zero-order valence-electron chi connectivity index (χ0n) is 15.7. The predicted octanol–water partition coefficient (Wildman–Crippen LogP) is 3.92. The Morgan fingerprint density at radius 2 is 1.74 bits per heavy atom. The van der Waals surface area contributed by atoms with E-state index in [1.54, 1.807) is 38.6 Å². The van der Waals surface area contributed by atoms with E-state index in [0.29, 0.717) is 22.9 Å². The van der Waals surface area contributed by atoms with E-state index in [1.165, 1.54) is 0 Å². The van der Waals surface area contributed by atoms with Crippen LogP contribution in [0.1, 0.15) is 21.7 Å². The molecule has 3 rings (SSSR count). The average molecular weight is 363 g/mol. The molecule has 3 aromatic rings. The van der Waals surface area contributed by atoms with Gasteiger partial charge in [0, 0.05) is 41.8 Å². The van der Waals surface area contributed by atoms with Crippen molar-refractivity contribution in [3.63, 3.8) is 0 Å². The smallest absolute Gasteiger partial charge is 0.251 e. The maximum absolute atomic E-state index is 12.0. The van der Waals surface area contributed by atoms with Gasteiger partial charge >= 0.3 is 0 Å². The van der Waals surface area contributed by atoms with Crippen LogP contribution in [0.15, 0.2) is 48.7 Å². The normalized spacial score (nSPS) is 10.4. The number of rotatable bonds is 5. The summed E-state index contributed by atoms with van der Waals surface area (Å²) in [6, 6.07) is 12.8. The van der Waals surface area contributed by atoms with Gasteiger partial charge in [0.2, 0.25) is 5.88 Å². The van der Waals surface area contributed by atoms with Crippen LogP contribution in [0.25, 0.3) is 11.1 Å². The molecule has 27 heavy (non-hydrogen) atoms. The predicted molar refractivity (Wildman–Crippen MR) is 103 cm³/mol. The van der Waals surface area contributed by atoms with E-state index in [0.717, 1.165) is 22.5 Å². The monoisotopic (exact) mass is 363 g/mol. The topological polar surface area (TPSA) is 73.3 Å². The number of benzene rings is 1. The number of nitrogens with zero attached hydrogens (tertiary/aromatic N) is 2. The summed E-state index contributed by atoms with van der Waals surface area (Å²) in [4.78, 5) is 20.8. The van der Waals surface area contributed by atoms with Crippen LogP contribution in [-0.2, 0) is 0 Å². The van der Waals surface area contributed by atoms with Crippen molar-refractivity contribution < 1.29 is 14.3 Å². The highest BCUT2D eigenvalue weighted by Gasteiger charge is 2.13. The van der Waals surface area contributed by atoms with Gasteiger partial charge in [0.05, 0.1) is 7.11 Å². The summed E-state index contributed by atoms with van der Waals surface area (Å²) in [6.07, 6.45) is 1.67. The molecule has 0 unspecified atom stereocenters. The van der Waals surface area contributed by atoms with Crippen LogP contribution >= 0.6 is 0 Å². The lowest BCUT2D eigenvalue weighted by Crippen LogP contribution is -2.17. The fourth-order valence-corrected chi connectivity index (χ4v) is 2.82. The molecule has 6 nitrogen and oxygen atoms in total. The lowest BCUT2D eigenvalue weighted by atomic mass is 10.1. The summed E-state index contributed by atoms with van der Waals surface area (Å²) >= 11 is 0. The molecule has 0 spiro atoms. The minimum Gasteiger partial charge on any atom is -0.497 e. The lowest BCUT2D eigenvalue weighted by Gasteiger charge is -2.13. The third-order valence-electron chi connectivity index (χ3n) is 3.98. The molecule has 2 aromatic heterocycles. The van der Waals surface area contributed by atoms with Crippen molar-refractivity contribution in [2.75, 3.05) is 14.2 Å². The van der Waals surface area contributed by atoms with Crippen LogP contribution in [0.2, 0.25) is 0 Å². The van der Waals surface area contributed by atoms with E-state index < -0.39 is 0 Å². The number of hydrogen-bond acceptors (Lipinski definition) is 5. The molecule has 0 radical (unpaired) electrons. The summed E-state index contributed by atoms with van der Waals surface area (Å²) in [5, 5.41) is 2.60. The lowest BCUT2D eigenvalue weighted by molar-refractivity contribution is 0.0962. The minimum atomic E-state index is -0.222. The summed E-state index contributed by atoms with van der Waals surface area (Å²) in [5.74, 6) is 1.22. The van der Waals surface area contributed by atoms with Crippen molar-refractivity contribution in [2.45, 2.75) is 13.8 Å². The minimum absolute atomic E-state index is 0.222. The van der Waals surface area contributed by atoms with Crippen molar-refractivity contribution >= 4 is 5.91 Å². The van der Waals surface area contributed by atoms with Gasteiger partial charge in [0.15, 0.2) is 0 Å². The van der Waals surface area contributed by atoms with Crippen molar-refractivity contribution in [1.82, 2.24) is 15.3 Å². The Morgan fingerprint density at radius 1 is 1.04 bits per heavy atom. The van der Waals surface area contributed by atoms with E-state index in [-0.39, 0.29) is 5.91 Å². The number of amides is 1. The number of aryl methyl sites for hydroxylation is 2. The van der Waals surface area contributed by atoms with Gasteiger partial charge in [-0.15, -0.1) is 0 Å². The van der Waals surface area contributed by atoms with Crippen molar-refractivity contribution in [3.05, 3.63) is 65.6 Å². The van der Waals surface area contributed by atoms with Gasteiger partial charge in [-0.2, -0.15) is 0 Å². The fourth-order valence-electron chi connectivity index (χ4n) is 2.82. The van der Waals surface area contributed by atoms with Crippen LogP contribution in [0.4, 0.5) is 0 Å². The summed E-state index contributed by atoms with van der Waals surface area (Å²) in [6.45, 7) is 3.90. The Kier molecular flexibility index (Phi) is 5.35. The molecule has 0 atom stereocenters. The fraction of sp³-hybridized carbons (Fsp3) is 0.190. The molecule has 1 N–H and O–H groups in total. The van der Waals surface area contributed by atoms with Gasteiger partial charge in [-0.25, -0.2) is 4.98 Å². The van der Waals surface area contributed by atoms with Crippen molar-refractivity contribution in [3.8, 4) is 28.5 Å². The zero-order chi connectivity index (χ0) is 19.4. The first kappa shape index (κ1) is 18.4. The standard InChI is InChI=1S/C21H21N3O3/c1-13-8-15(9-14(2)24-13)19-6-5-7-23-21(19)27-18-11-16(20(25)22-3)10-17(12-18)26-4/h5-12H,1-4H3,(H,22,25).